The molecule has 1 saturated heterocycles. The number of carbonyl (C=O) groups is 2. The van der Waals surface area contributed by atoms with Crippen LogP contribution in [0.5, 0.6) is 0 Å². The zero-order chi connectivity index (χ0) is 15.9. The molecule has 0 atom stereocenters. The average Bonchev–Trinajstić information content (AvgIpc) is 2.54. The number of amides is 1. The molecule has 0 spiro atoms. The van der Waals surface area contributed by atoms with Crippen LogP contribution in [0, 0.1) is 0 Å². The SMILES string of the molecule is CCN(C=O)C(C(=O)O)=C1CCN(Cc2ccccc2)CC1. The maximum Gasteiger partial charge on any atom is 0.352 e. The molecule has 1 aromatic rings. The standard InChI is InChI=1S/C17H22N2O3/c1-2-19(13-20)16(17(21)22)15-8-10-18(11-9-15)12-14-6-4-3-5-7-14/h3-7,13H,2,8-12H2,1H3,(H,21,22). The molecule has 118 valence electrons. The van der Waals surface area contributed by atoms with Gasteiger partial charge in [0.25, 0.3) is 0 Å². The van der Waals surface area contributed by atoms with E-state index in [1.807, 2.05) is 18.2 Å². The first-order chi connectivity index (χ1) is 10.7. The first-order valence-corrected chi connectivity index (χ1v) is 7.59. The van der Waals surface area contributed by atoms with Gasteiger partial charge in [-0.25, -0.2) is 4.79 Å². The highest BCUT2D eigenvalue weighted by molar-refractivity contribution is 5.89. The molecule has 1 fully saturated rings. The van der Waals surface area contributed by atoms with E-state index in [0.717, 1.165) is 25.2 Å². The van der Waals surface area contributed by atoms with Crippen LogP contribution >= 0.6 is 0 Å². The number of carbonyl (C=O) groups excluding carboxylic acids is 1. The molecule has 0 radical (unpaired) electrons. The number of likely N-dealkylation sites (N-methyl/N-ethyl adjacent to an activating group) is 1. The average molecular weight is 302 g/mol. The lowest BCUT2D eigenvalue weighted by atomic mass is 10.00. The van der Waals surface area contributed by atoms with E-state index in [2.05, 4.69) is 17.0 Å². The van der Waals surface area contributed by atoms with E-state index in [0.29, 0.717) is 25.8 Å². The van der Waals surface area contributed by atoms with Gasteiger partial charge in [0, 0.05) is 26.2 Å². The van der Waals surface area contributed by atoms with Crippen LogP contribution in [-0.2, 0) is 16.1 Å². The van der Waals surface area contributed by atoms with Crippen LogP contribution < -0.4 is 0 Å². The Balaban J connectivity index is 2.04. The Labute approximate surface area is 130 Å². The lowest BCUT2D eigenvalue weighted by Crippen LogP contribution is -2.34. The molecule has 5 heteroatoms. The monoisotopic (exact) mass is 302 g/mol. The van der Waals surface area contributed by atoms with Crippen molar-refractivity contribution in [2.24, 2.45) is 0 Å². The van der Waals surface area contributed by atoms with E-state index in [1.165, 1.54) is 10.5 Å². The smallest absolute Gasteiger partial charge is 0.352 e. The summed E-state index contributed by atoms with van der Waals surface area (Å²) in [4.78, 5) is 26.1. The van der Waals surface area contributed by atoms with Crippen molar-refractivity contribution < 1.29 is 14.7 Å². The minimum Gasteiger partial charge on any atom is -0.477 e. The maximum atomic E-state index is 11.5. The van der Waals surface area contributed by atoms with E-state index in [-0.39, 0.29) is 5.70 Å². The zero-order valence-electron chi connectivity index (χ0n) is 12.9. The summed E-state index contributed by atoms with van der Waals surface area (Å²) in [6.07, 6.45) is 1.99. The molecule has 1 heterocycles. The Morgan fingerprint density at radius 1 is 1.27 bits per heavy atom. The molecule has 22 heavy (non-hydrogen) atoms. The van der Waals surface area contributed by atoms with E-state index in [1.54, 1.807) is 6.92 Å². The largest absolute Gasteiger partial charge is 0.477 e. The highest BCUT2D eigenvalue weighted by Crippen LogP contribution is 2.23. The maximum absolute atomic E-state index is 11.5. The molecule has 5 nitrogen and oxygen atoms in total. The summed E-state index contributed by atoms with van der Waals surface area (Å²) in [5.41, 5.74) is 2.29. The van der Waals surface area contributed by atoms with Gasteiger partial charge in [-0.2, -0.15) is 0 Å². The highest BCUT2D eigenvalue weighted by Gasteiger charge is 2.24. The Morgan fingerprint density at radius 3 is 2.41 bits per heavy atom. The number of carboxylic acids is 1. The lowest BCUT2D eigenvalue weighted by Gasteiger charge is -2.30. The second-order valence-electron chi connectivity index (χ2n) is 5.41. The highest BCUT2D eigenvalue weighted by atomic mass is 16.4. The number of aliphatic carboxylic acids is 1. The van der Waals surface area contributed by atoms with Crippen LogP contribution in [0.15, 0.2) is 41.6 Å². The Morgan fingerprint density at radius 2 is 1.91 bits per heavy atom. The number of benzene rings is 1. The lowest BCUT2D eigenvalue weighted by molar-refractivity contribution is -0.136. The number of nitrogens with zero attached hydrogens (tertiary/aromatic N) is 2. The minimum absolute atomic E-state index is 0.164. The van der Waals surface area contributed by atoms with Crippen molar-refractivity contribution in [1.82, 2.24) is 9.80 Å². The van der Waals surface area contributed by atoms with Gasteiger partial charge in [-0.05, 0) is 30.9 Å². The van der Waals surface area contributed by atoms with Gasteiger partial charge in [0.1, 0.15) is 5.70 Å². The van der Waals surface area contributed by atoms with Crippen LogP contribution in [0.2, 0.25) is 0 Å². The quantitative estimate of drug-likeness (QED) is 0.646. The van der Waals surface area contributed by atoms with Gasteiger partial charge in [0.15, 0.2) is 0 Å². The molecule has 0 aliphatic carbocycles. The number of likely N-dealkylation sites (tertiary alicyclic amines) is 1. The summed E-state index contributed by atoms with van der Waals surface area (Å²) in [6.45, 7) is 4.67. The predicted molar refractivity (Wildman–Crippen MR) is 84.1 cm³/mol. The van der Waals surface area contributed by atoms with E-state index in [9.17, 15) is 14.7 Å². The molecule has 0 saturated carbocycles. The van der Waals surface area contributed by atoms with Crippen molar-refractivity contribution in [3.63, 3.8) is 0 Å². The van der Waals surface area contributed by atoms with Crippen molar-refractivity contribution in [3.8, 4) is 0 Å². The van der Waals surface area contributed by atoms with Crippen molar-refractivity contribution in [2.75, 3.05) is 19.6 Å². The van der Waals surface area contributed by atoms with Crippen LogP contribution in [0.4, 0.5) is 0 Å². The zero-order valence-corrected chi connectivity index (χ0v) is 12.9. The summed E-state index contributed by atoms with van der Waals surface area (Å²) in [7, 11) is 0. The molecule has 0 bridgehead atoms. The first kappa shape index (κ1) is 16.2. The number of hydrogen-bond donors (Lipinski definition) is 1. The molecule has 2 rings (SSSR count). The van der Waals surface area contributed by atoms with Crippen molar-refractivity contribution in [3.05, 3.63) is 47.2 Å². The summed E-state index contributed by atoms with van der Waals surface area (Å²) >= 11 is 0. The van der Waals surface area contributed by atoms with Crippen molar-refractivity contribution >= 4 is 12.4 Å². The third kappa shape index (κ3) is 3.95. The van der Waals surface area contributed by atoms with Crippen LogP contribution in [0.25, 0.3) is 0 Å². The minimum atomic E-state index is -1.01. The summed E-state index contributed by atoms with van der Waals surface area (Å²) in [5.74, 6) is -1.01. The van der Waals surface area contributed by atoms with Gasteiger partial charge in [-0.1, -0.05) is 30.3 Å². The van der Waals surface area contributed by atoms with Gasteiger partial charge in [0.2, 0.25) is 6.41 Å². The number of piperidine rings is 1. The molecular weight excluding hydrogens is 280 g/mol. The molecule has 1 N–H and O–H groups in total. The second kappa shape index (κ2) is 7.75. The van der Waals surface area contributed by atoms with E-state index >= 15 is 0 Å². The third-order valence-corrected chi connectivity index (χ3v) is 4.00. The molecule has 1 aromatic carbocycles. The van der Waals surface area contributed by atoms with E-state index < -0.39 is 5.97 Å². The fourth-order valence-corrected chi connectivity index (χ4v) is 2.82. The van der Waals surface area contributed by atoms with Crippen LogP contribution in [0.1, 0.15) is 25.3 Å². The van der Waals surface area contributed by atoms with E-state index in [4.69, 9.17) is 0 Å². The van der Waals surface area contributed by atoms with Gasteiger partial charge in [0.05, 0.1) is 0 Å². The fourth-order valence-electron chi connectivity index (χ4n) is 2.82. The number of carboxylic acid groups (broad SMARTS) is 1. The molecule has 1 aliphatic heterocycles. The second-order valence-corrected chi connectivity index (χ2v) is 5.41. The normalized spacial score (nSPS) is 15.4. The number of rotatable bonds is 6. The fraction of sp³-hybridized carbons (Fsp3) is 0.412. The van der Waals surface area contributed by atoms with Crippen molar-refractivity contribution in [2.45, 2.75) is 26.3 Å². The van der Waals surface area contributed by atoms with Gasteiger partial charge < -0.3 is 10.0 Å². The Kier molecular flexibility index (Phi) is 5.72. The van der Waals surface area contributed by atoms with Gasteiger partial charge >= 0.3 is 5.97 Å². The van der Waals surface area contributed by atoms with Gasteiger partial charge in [-0.15, -0.1) is 0 Å². The van der Waals surface area contributed by atoms with Crippen molar-refractivity contribution in [1.29, 1.82) is 0 Å². The summed E-state index contributed by atoms with van der Waals surface area (Å²) in [5, 5.41) is 9.39. The Hall–Kier alpha value is -2.14. The van der Waals surface area contributed by atoms with Crippen LogP contribution in [0.3, 0.4) is 0 Å². The first-order valence-electron chi connectivity index (χ1n) is 7.59. The molecular formula is C17H22N2O3. The van der Waals surface area contributed by atoms with Crippen LogP contribution in [-0.4, -0.2) is 46.9 Å². The summed E-state index contributed by atoms with van der Waals surface area (Å²) in [6, 6.07) is 10.2. The number of hydrogen-bond acceptors (Lipinski definition) is 3. The molecule has 1 amide bonds. The summed E-state index contributed by atoms with van der Waals surface area (Å²) < 4.78 is 0. The molecule has 0 unspecified atom stereocenters. The molecule has 1 aliphatic rings. The topological polar surface area (TPSA) is 60.9 Å². The van der Waals surface area contributed by atoms with Gasteiger partial charge in [-0.3, -0.25) is 9.69 Å². The predicted octanol–water partition coefficient (Wildman–Crippen LogP) is 2.10. The molecule has 0 aromatic heterocycles. The Bertz CT molecular complexity index is 544. The third-order valence-electron chi connectivity index (χ3n) is 4.00.